The summed E-state index contributed by atoms with van der Waals surface area (Å²) in [5.41, 5.74) is 1.68. The minimum absolute atomic E-state index is 0.145. The van der Waals surface area contributed by atoms with E-state index in [0.29, 0.717) is 4.88 Å². The van der Waals surface area contributed by atoms with Crippen LogP contribution in [0.1, 0.15) is 29.0 Å². The predicted octanol–water partition coefficient (Wildman–Crippen LogP) is 3.35. The van der Waals surface area contributed by atoms with Crippen molar-refractivity contribution in [2.24, 2.45) is 0 Å². The summed E-state index contributed by atoms with van der Waals surface area (Å²) in [7, 11) is -3.58. The number of thiophene rings is 1. The SMILES string of the molecule is Cc1cc(S(=O)(=O)NC(C)c2ccc(Br)cc2)sc1CO. The topological polar surface area (TPSA) is 66.4 Å². The average molecular weight is 390 g/mol. The van der Waals surface area contributed by atoms with E-state index in [4.69, 9.17) is 0 Å². The Kier molecular flexibility index (Phi) is 5.21. The standard InChI is InChI=1S/C14H16BrNO3S2/c1-9-7-14(20-13(9)8-17)21(18,19)16-10(2)11-3-5-12(15)6-4-11/h3-7,10,16-17H,8H2,1-2H3. The van der Waals surface area contributed by atoms with Gasteiger partial charge in [-0.3, -0.25) is 0 Å². The molecular formula is C14H16BrNO3S2. The second-order valence-electron chi connectivity index (χ2n) is 4.72. The van der Waals surface area contributed by atoms with Gasteiger partial charge in [0.1, 0.15) is 4.21 Å². The zero-order chi connectivity index (χ0) is 15.6. The van der Waals surface area contributed by atoms with Crippen LogP contribution in [0.4, 0.5) is 0 Å². The molecule has 1 aromatic carbocycles. The molecule has 21 heavy (non-hydrogen) atoms. The first-order chi connectivity index (χ1) is 9.83. The molecule has 1 aromatic heterocycles. The Hall–Kier alpha value is -0.730. The maximum absolute atomic E-state index is 12.4. The van der Waals surface area contributed by atoms with Gasteiger partial charge in [0.2, 0.25) is 0 Å². The number of aliphatic hydroxyl groups excluding tert-OH is 1. The van der Waals surface area contributed by atoms with Crippen LogP contribution in [0.5, 0.6) is 0 Å². The van der Waals surface area contributed by atoms with Crippen molar-refractivity contribution in [1.29, 1.82) is 0 Å². The highest BCUT2D eigenvalue weighted by atomic mass is 79.9. The third kappa shape index (κ3) is 3.92. The van der Waals surface area contributed by atoms with E-state index in [1.165, 1.54) is 0 Å². The molecule has 7 heteroatoms. The van der Waals surface area contributed by atoms with E-state index in [1.807, 2.05) is 24.3 Å². The highest BCUT2D eigenvalue weighted by Gasteiger charge is 2.21. The largest absolute Gasteiger partial charge is 0.391 e. The van der Waals surface area contributed by atoms with Crippen molar-refractivity contribution in [3.63, 3.8) is 0 Å². The fourth-order valence-corrected chi connectivity index (χ4v) is 4.85. The van der Waals surface area contributed by atoms with Gasteiger partial charge in [-0.1, -0.05) is 28.1 Å². The summed E-state index contributed by atoms with van der Waals surface area (Å²) < 4.78 is 28.6. The van der Waals surface area contributed by atoms with Crippen LogP contribution in [0.15, 0.2) is 39.0 Å². The molecule has 2 rings (SSSR count). The lowest BCUT2D eigenvalue weighted by Gasteiger charge is -2.13. The number of hydrogen-bond donors (Lipinski definition) is 2. The molecule has 0 spiro atoms. The molecule has 0 aliphatic rings. The summed E-state index contributed by atoms with van der Waals surface area (Å²) in [6.07, 6.45) is 0. The average Bonchev–Trinajstić information content (AvgIpc) is 2.81. The highest BCUT2D eigenvalue weighted by molar-refractivity contribution is 9.10. The molecule has 0 amide bonds. The van der Waals surface area contributed by atoms with Crippen LogP contribution >= 0.6 is 27.3 Å². The number of aryl methyl sites for hydroxylation is 1. The maximum atomic E-state index is 12.4. The van der Waals surface area contributed by atoms with Crippen molar-refractivity contribution in [3.05, 3.63) is 50.8 Å². The minimum atomic E-state index is -3.58. The zero-order valence-corrected chi connectivity index (χ0v) is 14.8. The zero-order valence-electron chi connectivity index (χ0n) is 11.6. The number of benzene rings is 1. The first-order valence-electron chi connectivity index (χ1n) is 6.31. The summed E-state index contributed by atoms with van der Waals surface area (Å²) >= 11 is 4.45. The Morgan fingerprint density at radius 3 is 2.48 bits per heavy atom. The molecule has 1 atom stereocenters. The molecule has 0 aliphatic heterocycles. The van der Waals surface area contributed by atoms with Crippen LogP contribution in [0, 0.1) is 6.92 Å². The Balaban J connectivity index is 2.22. The smallest absolute Gasteiger partial charge is 0.250 e. The third-order valence-electron chi connectivity index (χ3n) is 3.11. The first kappa shape index (κ1) is 16.6. The third-order valence-corrected chi connectivity index (χ3v) is 6.87. The number of rotatable bonds is 5. The normalized spacial score (nSPS) is 13.3. The van der Waals surface area contributed by atoms with E-state index < -0.39 is 10.0 Å². The van der Waals surface area contributed by atoms with Crippen molar-refractivity contribution < 1.29 is 13.5 Å². The molecule has 0 radical (unpaired) electrons. The van der Waals surface area contributed by atoms with E-state index in [1.54, 1.807) is 19.9 Å². The van der Waals surface area contributed by atoms with Crippen LogP contribution in [0.3, 0.4) is 0 Å². The van der Waals surface area contributed by atoms with Crippen LogP contribution in [0.2, 0.25) is 0 Å². The first-order valence-corrected chi connectivity index (χ1v) is 9.40. The lowest BCUT2D eigenvalue weighted by molar-refractivity contribution is 0.285. The fourth-order valence-electron chi connectivity index (χ4n) is 1.89. The molecule has 2 N–H and O–H groups in total. The number of aliphatic hydroxyl groups is 1. The van der Waals surface area contributed by atoms with Crippen LogP contribution < -0.4 is 4.72 Å². The lowest BCUT2D eigenvalue weighted by atomic mass is 10.1. The highest BCUT2D eigenvalue weighted by Crippen LogP contribution is 2.27. The summed E-state index contributed by atoms with van der Waals surface area (Å²) in [5, 5.41) is 9.17. The molecule has 0 bridgehead atoms. The molecular weight excluding hydrogens is 374 g/mol. The van der Waals surface area contributed by atoms with Gasteiger partial charge in [0.05, 0.1) is 6.61 Å². The second-order valence-corrected chi connectivity index (χ2v) is 8.72. The van der Waals surface area contributed by atoms with E-state index in [-0.39, 0.29) is 16.9 Å². The van der Waals surface area contributed by atoms with Gasteiger partial charge in [0.15, 0.2) is 0 Å². The van der Waals surface area contributed by atoms with E-state index in [0.717, 1.165) is 26.9 Å². The molecule has 114 valence electrons. The Morgan fingerprint density at radius 2 is 1.95 bits per heavy atom. The van der Waals surface area contributed by atoms with Crippen molar-refractivity contribution in [2.45, 2.75) is 30.7 Å². The van der Waals surface area contributed by atoms with Crippen LogP contribution in [-0.2, 0) is 16.6 Å². The Labute approximate surface area is 137 Å². The van der Waals surface area contributed by atoms with E-state index in [2.05, 4.69) is 20.7 Å². The minimum Gasteiger partial charge on any atom is -0.391 e. The van der Waals surface area contributed by atoms with Crippen LogP contribution in [-0.4, -0.2) is 13.5 Å². The van der Waals surface area contributed by atoms with Gasteiger partial charge in [-0.25, -0.2) is 13.1 Å². The van der Waals surface area contributed by atoms with Crippen molar-refractivity contribution in [1.82, 2.24) is 4.72 Å². The van der Waals surface area contributed by atoms with Crippen molar-refractivity contribution in [2.75, 3.05) is 0 Å². The van der Waals surface area contributed by atoms with Gasteiger partial charge in [0, 0.05) is 15.4 Å². The van der Waals surface area contributed by atoms with Gasteiger partial charge in [-0.05, 0) is 43.2 Å². The Morgan fingerprint density at radius 1 is 1.33 bits per heavy atom. The maximum Gasteiger partial charge on any atom is 0.250 e. The molecule has 1 heterocycles. The summed E-state index contributed by atoms with van der Waals surface area (Å²) in [4.78, 5) is 0.673. The monoisotopic (exact) mass is 389 g/mol. The molecule has 0 aliphatic carbocycles. The van der Waals surface area contributed by atoms with E-state index in [9.17, 15) is 13.5 Å². The predicted molar refractivity (Wildman–Crippen MR) is 87.9 cm³/mol. The molecule has 0 fully saturated rings. The number of sulfonamides is 1. The molecule has 0 saturated heterocycles. The van der Waals surface area contributed by atoms with Gasteiger partial charge in [0.25, 0.3) is 10.0 Å². The summed E-state index contributed by atoms with van der Waals surface area (Å²) in [6.45, 7) is 3.45. The summed E-state index contributed by atoms with van der Waals surface area (Å²) in [6, 6.07) is 8.75. The molecule has 2 aromatic rings. The van der Waals surface area contributed by atoms with Gasteiger partial charge in [-0.15, -0.1) is 11.3 Å². The van der Waals surface area contributed by atoms with E-state index >= 15 is 0 Å². The second kappa shape index (κ2) is 6.58. The van der Waals surface area contributed by atoms with Crippen molar-refractivity contribution >= 4 is 37.3 Å². The number of nitrogens with one attached hydrogen (secondary N) is 1. The van der Waals surface area contributed by atoms with Gasteiger partial charge >= 0.3 is 0 Å². The molecule has 4 nitrogen and oxygen atoms in total. The lowest BCUT2D eigenvalue weighted by Crippen LogP contribution is -2.26. The van der Waals surface area contributed by atoms with Gasteiger partial charge in [-0.2, -0.15) is 0 Å². The quantitative estimate of drug-likeness (QED) is 0.823. The summed E-state index contributed by atoms with van der Waals surface area (Å²) in [5.74, 6) is 0. The Bertz CT molecular complexity index is 723. The molecule has 0 saturated carbocycles. The molecule has 1 unspecified atom stereocenters. The van der Waals surface area contributed by atoms with Crippen molar-refractivity contribution in [3.8, 4) is 0 Å². The number of halogens is 1. The van der Waals surface area contributed by atoms with Crippen LogP contribution in [0.25, 0.3) is 0 Å². The number of hydrogen-bond acceptors (Lipinski definition) is 4. The van der Waals surface area contributed by atoms with Gasteiger partial charge < -0.3 is 5.11 Å². The fraction of sp³-hybridized carbons (Fsp3) is 0.286.